The number of thiophene rings is 1. The number of benzene rings is 1. The lowest BCUT2D eigenvalue weighted by atomic mass is 10.1. The predicted molar refractivity (Wildman–Crippen MR) is 65.2 cm³/mol. The lowest BCUT2D eigenvalue weighted by Crippen LogP contribution is -1.85. The van der Waals surface area contributed by atoms with Gasteiger partial charge in [0.05, 0.1) is 6.61 Å². The summed E-state index contributed by atoms with van der Waals surface area (Å²) >= 11 is 5.30. The number of fused-ring (bicyclic) bond motifs is 1. The molecule has 1 heterocycles. The molecule has 0 aliphatic carbocycles. The number of alkyl halides is 1. The van der Waals surface area contributed by atoms with Crippen molar-refractivity contribution in [2.24, 2.45) is 0 Å². The summed E-state index contributed by atoms with van der Waals surface area (Å²) in [7, 11) is 1.73. The number of hydrogen-bond acceptors (Lipinski definition) is 2. The Labute approximate surface area is 95.8 Å². The lowest BCUT2D eigenvalue weighted by Gasteiger charge is -1.99. The molecule has 0 bridgehead atoms. The van der Waals surface area contributed by atoms with Crippen molar-refractivity contribution in [1.82, 2.24) is 0 Å². The van der Waals surface area contributed by atoms with E-state index >= 15 is 0 Å². The molecule has 0 atom stereocenters. The first-order valence-electron chi connectivity index (χ1n) is 4.39. The van der Waals surface area contributed by atoms with E-state index in [0.717, 1.165) is 5.33 Å². The summed E-state index contributed by atoms with van der Waals surface area (Å²) in [5.41, 5.74) is 2.64. The van der Waals surface area contributed by atoms with E-state index in [1.54, 1.807) is 18.4 Å². The summed E-state index contributed by atoms with van der Waals surface area (Å²) in [6, 6.07) is 6.42. The van der Waals surface area contributed by atoms with E-state index in [0.29, 0.717) is 6.61 Å². The minimum absolute atomic E-state index is 0.700. The summed E-state index contributed by atoms with van der Waals surface area (Å²) in [5.74, 6) is 0. The normalized spacial score (nSPS) is 11.0. The van der Waals surface area contributed by atoms with Crippen LogP contribution in [0.4, 0.5) is 0 Å². The SMILES string of the molecule is COCc1csc2c(CBr)cccc12. The molecule has 0 radical (unpaired) electrons. The van der Waals surface area contributed by atoms with E-state index in [4.69, 9.17) is 4.74 Å². The highest BCUT2D eigenvalue weighted by Crippen LogP contribution is 2.30. The molecule has 1 aromatic heterocycles. The molecule has 74 valence electrons. The summed E-state index contributed by atoms with van der Waals surface area (Å²) in [6.45, 7) is 0.700. The van der Waals surface area contributed by atoms with Crippen LogP contribution in [0.25, 0.3) is 10.1 Å². The van der Waals surface area contributed by atoms with Gasteiger partial charge in [0.15, 0.2) is 0 Å². The molecule has 2 aromatic rings. The molecule has 14 heavy (non-hydrogen) atoms. The number of methoxy groups -OCH3 is 1. The molecule has 1 nitrogen and oxygen atoms in total. The average Bonchev–Trinajstić information content (AvgIpc) is 2.62. The Kier molecular flexibility index (Phi) is 3.21. The van der Waals surface area contributed by atoms with Crippen molar-refractivity contribution in [1.29, 1.82) is 0 Å². The summed E-state index contributed by atoms with van der Waals surface area (Å²) in [6.07, 6.45) is 0. The highest BCUT2D eigenvalue weighted by molar-refractivity contribution is 9.08. The monoisotopic (exact) mass is 270 g/mol. The zero-order valence-electron chi connectivity index (χ0n) is 7.92. The third-order valence-corrected chi connectivity index (χ3v) is 3.93. The van der Waals surface area contributed by atoms with Crippen LogP contribution in [0.15, 0.2) is 23.6 Å². The lowest BCUT2D eigenvalue weighted by molar-refractivity contribution is 0.186. The number of rotatable bonds is 3. The summed E-state index contributed by atoms with van der Waals surface area (Å²) < 4.78 is 6.53. The predicted octanol–water partition coefficient (Wildman–Crippen LogP) is 3.94. The molecule has 0 N–H and O–H groups in total. The molecule has 2 rings (SSSR count). The van der Waals surface area contributed by atoms with E-state index in [2.05, 4.69) is 39.5 Å². The Bertz CT molecular complexity index is 436. The van der Waals surface area contributed by atoms with E-state index in [1.165, 1.54) is 21.2 Å². The second-order valence-electron chi connectivity index (χ2n) is 3.12. The minimum Gasteiger partial charge on any atom is -0.380 e. The first-order valence-corrected chi connectivity index (χ1v) is 6.39. The Morgan fingerprint density at radius 3 is 2.93 bits per heavy atom. The molecule has 1 aromatic carbocycles. The first kappa shape index (κ1) is 10.1. The number of hydrogen-bond donors (Lipinski definition) is 0. The standard InChI is InChI=1S/C11H11BrOS/c1-13-6-9-7-14-11-8(5-12)3-2-4-10(9)11/h2-4,7H,5-6H2,1H3. The van der Waals surface area contributed by atoms with Gasteiger partial charge in [0.1, 0.15) is 0 Å². The zero-order chi connectivity index (χ0) is 9.97. The van der Waals surface area contributed by atoms with Gasteiger partial charge in [-0.05, 0) is 21.9 Å². The van der Waals surface area contributed by atoms with Gasteiger partial charge in [-0.2, -0.15) is 0 Å². The molecule has 0 saturated carbocycles. The highest BCUT2D eigenvalue weighted by atomic mass is 79.9. The summed E-state index contributed by atoms with van der Waals surface area (Å²) in [5, 5.41) is 4.42. The fourth-order valence-corrected chi connectivity index (χ4v) is 3.27. The maximum Gasteiger partial charge on any atom is 0.0727 e. The second-order valence-corrected chi connectivity index (χ2v) is 4.56. The quantitative estimate of drug-likeness (QED) is 0.768. The van der Waals surface area contributed by atoms with Crippen LogP contribution in [0, 0.1) is 0 Å². The van der Waals surface area contributed by atoms with Crippen molar-refractivity contribution in [3.05, 3.63) is 34.7 Å². The van der Waals surface area contributed by atoms with Crippen LogP contribution in [0.1, 0.15) is 11.1 Å². The van der Waals surface area contributed by atoms with Gasteiger partial charge in [0.2, 0.25) is 0 Å². The van der Waals surface area contributed by atoms with Crippen LogP contribution >= 0.6 is 27.3 Å². The molecular weight excluding hydrogens is 260 g/mol. The van der Waals surface area contributed by atoms with Crippen LogP contribution in [0.2, 0.25) is 0 Å². The van der Waals surface area contributed by atoms with Crippen molar-refractivity contribution < 1.29 is 4.74 Å². The first-order chi connectivity index (χ1) is 6.86. The van der Waals surface area contributed by atoms with Crippen molar-refractivity contribution in [2.75, 3.05) is 7.11 Å². The fraction of sp³-hybridized carbons (Fsp3) is 0.273. The van der Waals surface area contributed by atoms with Gasteiger partial charge in [-0.15, -0.1) is 11.3 Å². The van der Waals surface area contributed by atoms with Gasteiger partial charge >= 0.3 is 0 Å². The Balaban J connectivity index is 2.57. The van der Waals surface area contributed by atoms with Crippen LogP contribution in [-0.4, -0.2) is 7.11 Å². The van der Waals surface area contributed by atoms with Crippen molar-refractivity contribution in [2.45, 2.75) is 11.9 Å². The number of ether oxygens (including phenoxy) is 1. The molecule has 0 aliphatic rings. The van der Waals surface area contributed by atoms with Gasteiger partial charge in [0, 0.05) is 17.1 Å². The van der Waals surface area contributed by atoms with Gasteiger partial charge in [-0.3, -0.25) is 0 Å². The topological polar surface area (TPSA) is 9.23 Å². The largest absolute Gasteiger partial charge is 0.380 e. The Morgan fingerprint density at radius 2 is 2.21 bits per heavy atom. The third-order valence-electron chi connectivity index (χ3n) is 2.21. The Hall–Kier alpha value is -0.380. The van der Waals surface area contributed by atoms with Crippen LogP contribution < -0.4 is 0 Å². The smallest absolute Gasteiger partial charge is 0.0727 e. The van der Waals surface area contributed by atoms with E-state index < -0.39 is 0 Å². The molecule has 0 fully saturated rings. The maximum absolute atomic E-state index is 5.16. The van der Waals surface area contributed by atoms with Crippen LogP contribution in [-0.2, 0) is 16.7 Å². The van der Waals surface area contributed by atoms with Crippen LogP contribution in [0.3, 0.4) is 0 Å². The van der Waals surface area contributed by atoms with Gasteiger partial charge in [0.25, 0.3) is 0 Å². The zero-order valence-corrected chi connectivity index (χ0v) is 10.3. The summed E-state index contributed by atoms with van der Waals surface area (Å²) in [4.78, 5) is 0. The van der Waals surface area contributed by atoms with Gasteiger partial charge in [-0.25, -0.2) is 0 Å². The minimum atomic E-state index is 0.700. The Morgan fingerprint density at radius 1 is 1.36 bits per heavy atom. The van der Waals surface area contributed by atoms with Crippen molar-refractivity contribution >= 4 is 37.4 Å². The molecule has 3 heteroatoms. The van der Waals surface area contributed by atoms with Crippen LogP contribution in [0.5, 0.6) is 0 Å². The maximum atomic E-state index is 5.16. The molecule has 0 saturated heterocycles. The van der Waals surface area contributed by atoms with Gasteiger partial charge in [-0.1, -0.05) is 34.1 Å². The molecule has 0 aliphatic heterocycles. The third kappa shape index (κ3) is 1.72. The average molecular weight is 271 g/mol. The van der Waals surface area contributed by atoms with Crippen molar-refractivity contribution in [3.8, 4) is 0 Å². The molecule has 0 unspecified atom stereocenters. The molecule has 0 spiro atoms. The van der Waals surface area contributed by atoms with E-state index in [1.807, 2.05) is 0 Å². The molecular formula is C11H11BrOS. The molecule has 0 amide bonds. The second kappa shape index (κ2) is 4.43. The fourth-order valence-electron chi connectivity index (χ4n) is 1.54. The van der Waals surface area contributed by atoms with E-state index in [-0.39, 0.29) is 0 Å². The highest BCUT2D eigenvalue weighted by Gasteiger charge is 2.06. The van der Waals surface area contributed by atoms with E-state index in [9.17, 15) is 0 Å². The number of halogens is 1. The van der Waals surface area contributed by atoms with Crippen molar-refractivity contribution in [3.63, 3.8) is 0 Å². The van der Waals surface area contributed by atoms with Gasteiger partial charge < -0.3 is 4.74 Å².